The Morgan fingerprint density at radius 3 is 2.78 bits per heavy atom. The molecule has 0 saturated heterocycles. The molecule has 0 aliphatic heterocycles. The second-order valence-electron chi connectivity index (χ2n) is 2.02. The predicted octanol–water partition coefficient (Wildman–Crippen LogP) is 0.965. The first kappa shape index (κ1) is 8.63. The van der Waals surface area contributed by atoms with Crippen molar-refractivity contribution in [3.8, 4) is 0 Å². The van der Waals surface area contributed by atoms with Gasteiger partial charge in [-0.3, -0.25) is 0 Å². The van der Waals surface area contributed by atoms with Crippen molar-refractivity contribution in [1.29, 1.82) is 0 Å². The normalized spacial score (nSPS) is 9.44. The number of nitrogens with one attached hydrogen (secondary N) is 1. The summed E-state index contributed by atoms with van der Waals surface area (Å²) in [5, 5.41) is 3.19. The quantitative estimate of drug-likeness (QED) is 0.427. The van der Waals surface area contributed by atoms with Crippen LogP contribution in [0.15, 0.2) is 0 Å². The topological polar surface area (TPSA) is 29.1 Å². The fourth-order valence-corrected chi connectivity index (χ4v) is 0.654. The minimum Gasteiger partial charge on any atom is -0.317 e. The van der Waals surface area contributed by atoms with Crippen LogP contribution in [0.1, 0.15) is 26.2 Å². The Kier molecular flexibility index (Phi) is 7.32. The van der Waals surface area contributed by atoms with Gasteiger partial charge in [0, 0.05) is 6.42 Å². The van der Waals surface area contributed by atoms with Crippen LogP contribution in [0.25, 0.3) is 0 Å². The maximum atomic E-state index is 9.82. The SMILES string of the molecule is CCNCCCCC=O. The van der Waals surface area contributed by atoms with Crippen molar-refractivity contribution < 1.29 is 4.79 Å². The Labute approximate surface area is 56.6 Å². The third-order valence-corrected chi connectivity index (χ3v) is 1.18. The second kappa shape index (κ2) is 7.63. The fraction of sp³-hybridized carbons (Fsp3) is 0.857. The van der Waals surface area contributed by atoms with Crippen LogP contribution < -0.4 is 5.32 Å². The third kappa shape index (κ3) is 7.63. The molecule has 0 rings (SSSR count). The largest absolute Gasteiger partial charge is 0.317 e. The van der Waals surface area contributed by atoms with Crippen molar-refractivity contribution >= 4 is 6.29 Å². The molecular formula is C7H15NO. The second-order valence-corrected chi connectivity index (χ2v) is 2.02. The zero-order valence-corrected chi connectivity index (χ0v) is 6.02. The maximum Gasteiger partial charge on any atom is 0.119 e. The van der Waals surface area contributed by atoms with Crippen LogP contribution >= 0.6 is 0 Å². The van der Waals surface area contributed by atoms with Crippen molar-refractivity contribution in [2.45, 2.75) is 26.2 Å². The molecule has 1 N–H and O–H groups in total. The molecule has 0 spiro atoms. The summed E-state index contributed by atoms with van der Waals surface area (Å²) in [6, 6.07) is 0. The number of carbonyl (C=O) groups excluding carboxylic acids is 1. The summed E-state index contributed by atoms with van der Waals surface area (Å²) >= 11 is 0. The molecule has 0 aliphatic carbocycles. The maximum absolute atomic E-state index is 9.82. The summed E-state index contributed by atoms with van der Waals surface area (Å²) in [5.41, 5.74) is 0. The summed E-state index contributed by atoms with van der Waals surface area (Å²) in [5.74, 6) is 0. The van der Waals surface area contributed by atoms with Crippen LogP contribution in [0.4, 0.5) is 0 Å². The number of rotatable bonds is 6. The van der Waals surface area contributed by atoms with Crippen molar-refractivity contribution in [2.75, 3.05) is 13.1 Å². The lowest BCUT2D eigenvalue weighted by Gasteiger charge is -1.96. The van der Waals surface area contributed by atoms with Gasteiger partial charge in [-0.15, -0.1) is 0 Å². The van der Waals surface area contributed by atoms with E-state index in [9.17, 15) is 4.79 Å². The van der Waals surface area contributed by atoms with E-state index in [0.29, 0.717) is 6.42 Å². The van der Waals surface area contributed by atoms with Crippen LogP contribution in [0.2, 0.25) is 0 Å². The molecular weight excluding hydrogens is 114 g/mol. The summed E-state index contributed by atoms with van der Waals surface area (Å²) in [6.45, 7) is 4.16. The van der Waals surface area contributed by atoms with E-state index >= 15 is 0 Å². The highest BCUT2D eigenvalue weighted by Crippen LogP contribution is 1.88. The van der Waals surface area contributed by atoms with Gasteiger partial charge in [0.2, 0.25) is 0 Å². The molecule has 0 aromatic heterocycles. The van der Waals surface area contributed by atoms with Crippen LogP contribution in [0.5, 0.6) is 0 Å². The molecule has 0 saturated carbocycles. The Morgan fingerprint density at radius 2 is 2.22 bits per heavy atom. The highest BCUT2D eigenvalue weighted by Gasteiger charge is 1.84. The smallest absolute Gasteiger partial charge is 0.119 e. The van der Waals surface area contributed by atoms with E-state index in [-0.39, 0.29) is 0 Å². The fourth-order valence-electron chi connectivity index (χ4n) is 0.654. The monoisotopic (exact) mass is 129 g/mol. The van der Waals surface area contributed by atoms with Crippen molar-refractivity contribution in [3.63, 3.8) is 0 Å². The van der Waals surface area contributed by atoms with E-state index in [1.165, 1.54) is 0 Å². The minimum absolute atomic E-state index is 0.714. The van der Waals surface area contributed by atoms with Crippen molar-refractivity contribution in [2.24, 2.45) is 0 Å². The van der Waals surface area contributed by atoms with Gasteiger partial charge in [0.05, 0.1) is 0 Å². The molecule has 0 amide bonds. The number of hydrogen-bond donors (Lipinski definition) is 1. The average Bonchev–Trinajstić information content (AvgIpc) is 1.89. The number of carbonyl (C=O) groups is 1. The van der Waals surface area contributed by atoms with Crippen molar-refractivity contribution in [3.05, 3.63) is 0 Å². The molecule has 0 aromatic carbocycles. The molecule has 2 heteroatoms. The van der Waals surface area contributed by atoms with E-state index < -0.39 is 0 Å². The lowest BCUT2D eigenvalue weighted by Crippen LogP contribution is -2.13. The van der Waals surface area contributed by atoms with E-state index in [1.807, 2.05) is 0 Å². The molecule has 54 valence electrons. The van der Waals surface area contributed by atoms with E-state index in [2.05, 4.69) is 12.2 Å². The molecule has 0 radical (unpaired) electrons. The van der Waals surface area contributed by atoms with Crippen LogP contribution in [-0.4, -0.2) is 19.4 Å². The van der Waals surface area contributed by atoms with Crippen LogP contribution in [-0.2, 0) is 4.79 Å². The average molecular weight is 129 g/mol. The highest BCUT2D eigenvalue weighted by molar-refractivity contribution is 5.48. The summed E-state index contributed by atoms with van der Waals surface area (Å²) in [7, 11) is 0. The molecule has 9 heavy (non-hydrogen) atoms. The molecule has 0 aliphatic rings. The Balaban J connectivity index is 2.66. The standard InChI is InChI=1S/C7H15NO/c1-2-8-6-4-3-5-7-9/h7-8H,2-6H2,1H3. The van der Waals surface area contributed by atoms with E-state index in [4.69, 9.17) is 0 Å². The molecule has 0 heterocycles. The van der Waals surface area contributed by atoms with Gasteiger partial charge in [-0.2, -0.15) is 0 Å². The van der Waals surface area contributed by atoms with Gasteiger partial charge in [0.1, 0.15) is 6.29 Å². The molecule has 0 bridgehead atoms. The van der Waals surface area contributed by atoms with E-state index in [0.717, 1.165) is 32.2 Å². The first-order valence-corrected chi connectivity index (χ1v) is 3.56. The van der Waals surface area contributed by atoms with Gasteiger partial charge in [-0.25, -0.2) is 0 Å². The van der Waals surface area contributed by atoms with Gasteiger partial charge >= 0.3 is 0 Å². The lowest BCUT2D eigenvalue weighted by molar-refractivity contribution is -0.107. The summed E-state index contributed by atoms with van der Waals surface area (Å²) in [4.78, 5) is 9.82. The summed E-state index contributed by atoms with van der Waals surface area (Å²) < 4.78 is 0. The Hall–Kier alpha value is -0.370. The van der Waals surface area contributed by atoms with Gasteiger partial charge in [0.15, 0.2) is 0 Å². The first-order valence-electron chi connectivity index (χ1n) is 3.56. The molecule has 0 fully saturated rings. The van der Waals surface area contributed by atoms with Gasteiger partial charge in [0.25, 0.3) is 0 Å². The number of aldehydes is 1. The summed E-state index contributed by atoms with van der Waals surface area (Å²) in [6.07, 6.45) is 3.83. The number of hydrogen-bond acceptors (Lipinski definition) is 2. The van der Waals surface area contributed by atoms with E-state index in [1.54, 1.807) is 0 Å². The van der Waals surface area contributed by atoms with Crippen LogP contribution in [0, 0.1) is 0 Å². The van der Waals surface area contributed by atoms with Gasteiger partial charge in [-0.1, -0.05) is 6.92 Å². The predicted molar refractivity (Wildman–Crippen MR) is 38.5 cm³/mol. The Morgan fingerprint density at radius 1 is 1.44 bits per heavy atom. The van der Waals surface area contributed by atoms with Gasteiger partial charge in [-0.05, 0) is 25.9 Å². The molecule has 0 aromatic rings. The third-order valence-electron chi connectivity index (χ3n) is 1.18. The zero-order valence-electron chi connectivity index (χ0n) is 6.02. The molecule has 0 unspecified atom stereocenters. The highest BCUT2D eigenvalue weighted by atomic mass is 16.1. The van der Waals surface area contributed by atoms with Crippen LogP contribution in [0.3, 0.4) is 0 Å². The first-order chi connectivity index (χ1) is 4.41. The molecule has 0 atom stereocenters. The zero-order chi connectivity index (χ0) is 6.95. The minimum atomic E-state index is 0.714. The Bertz CT molecular complexity index is 63.9. The van der Waals surface area contributed by atoms with Gasteiger partial charge < -0.3 is 10.1 Å². The number of unbranched alkanes of at least 4 members (excludes halogenated alkanes) is 2. The van der Waals surface area contributed by atoms with Crippen molar-refractivity contribution in [1.82, 2.24) is 5.32 Å². The molecule has 2 nitrogen and oxygen atoms in total. The lowest BCUT2D eigenvalue weighted by atomic mass is 10.2.